The first-order chi connectivity index (χ1) is 15.3. The van der Waals surface area contributed by atoms with Crippen molar-refractivity contribution in [3.63, 3.8) is 0 Å². The van der Waals surface area contributed by atoms with Crippen molar-refractivity contribution in [1.29, 1.82) is 0 Å². The lowest BCUT2D eigenvalue weighted by atomic mass is 9.87. The van der Waals surface area contributed by atoms with Crippen molar-refractivity contribution >= 4 is 23.1 Å². The Morgan fingerprint density at radius 2 is 1.59 bits per heavy atom. The summed E-state index contributed by atoms with van der Waals surface area (Å²) in [4.78, 5) is 27.7. The molecule has 0 bridgehead atoms. The van der Waals surface area contributed by atoms with Crippen molar-refractivity contribution < 1.29 is 19.1 Å². The Balaban J connectivity index is 1.95. The molecule has 0 saturated carbocycles. The van der Waals surface area contributed by atoms with E-state index in [1.165, 1.54) is 10.5 Å². The van der Waals surface area contributed by atoms with Gasteiger partial charge in [0.05, 0.1) is 12.2 Å². The number of hydrogen-bond acceptors (Lipinski definition) is 5. The zero-order valence-electron chi connectivity index (χ0n) is 19.5. The van der Waals surface area contributed by atoms with E-state index in [2.05, 4.69) is 26.1 Å². The zero-order chi connectivity index (χ0) is 23.3. The molecule has 1 aliphatic rings. The number of carbonyl (C=O) groups excluding carboxylic acids is 2. The van der Waals surface area contributed by atoms with Crippen LogP contribution in [0.4, 0.5) is 5.69 Å². The number of nitrogens with zero attached hydrogens (tertiary/aromatic N) is 1. The van der Waals surface area contributed by atoms with Gasteiger partial charge in [0.1, 0.15) is 11.4 Å². The van der Waals surface area contributed by atoms with E-state index in [4.69, 9.17) is 9.47 Å². The van der Waals surface area contributed by atoms with E-state index in [1.54, 1.807) is 7.11 Å². The minimum Gasteiger partial charge on any atom is -0.494 e. The molecule has 32 heavy (non-hydrogen) atoms. The van der Waals surface area contributed by atoms with Gasteiger partial charge in [-0.25, -0.2) is 0 Å². The molecule has 1 N–H and O–H groups in total. The third-order valence-electron chi connectivity index (χ3n) is 5.37. The summed E-state index contributed by atoms with van der Waals surface area (Å²) in [6.07, 6.45) is 0.581. The van der Waals surface area contributed by atoms with Crippen molar-refractivity contribution in [2.24, 2.45) is 0 Å². The molecular weight excluding hydrogens is 404 g/mol. The number of ether oxygens (including phenoxy) is 2. The van der Waals surface area contributed by atoms with Gasteiger partial charge in [-0.1, -0.05) is 45.0 Å². The maximum atomic E-state index is 13.2. The summed E-state index contributed by atoms with van der Waals surface area (Å²) in [7, 11) is 1.60. The predicted octanol–water partition coefficient (Wildman–Crippen LogP) is 4.61. The predicted molar refractivity (Wildman–Crippen MR) is 127 cm³/mol. The summed E-state index contributed by atoms with van der Waals surface area (Å²) >= 11 is 0. The topological polar surface area (TPSA) is 67.9 Å². The van der Waals surface area contributed by atoms with Crippen molar-refractivity contribution in [1.82, 2.24) is 4.90 Å². The van der Waals surface area contributed by atoms with Crippen LogP contribution in [-0.4, -0.2) is 43.6 Å². The van der Waals surface area contributed by atoms with Gasteiger partial charge in [0.25, 0.3) is 11.8 Å². The first-order valence-electron chi connectivity index (χ1n) is 11.0. The Morgan fingerprint density at radius 1 is 0.938 bits per heavy atom. The second-order valence-electron chi connectivity index (χ2n) is 8.77. The lowest BCUT2D eigenvalue weighted by molar-refractivity contribution is -0.136. The second kappa shape index (κ2) is 10.0. The molecule has 2 amide bonds. The molecule has 0 aromatic heterocycles. The molecule has 2 aromatic carbocycles. The summed E-state index contributed by atoms with van der Waals surface area (Å²) in [5.74, 6) is 0.0943. The molecular formula is C26H32N2O4. The van der Waals surface area contributed by atoms with Gasteiger partial charge in [0, 0.05) is 25.9 Å². The highest BCUT2D eigenvalue weighted by molar-refractivity contribution is 6.36. The van der Waals surface area contributed by atoms with Crippen LogP contribution < -0.4 is 10.1 Å². The van der Waals surface area contributed by atoms with Crippen molar-refractivity contribution in [3.8, 4) is 5.75 Å². The largest absolute Gasteiger partial charge is 0.494 e. The van der Waals surface area contributed by atoms with Crippen LogP contribution in [0, 0.1) is 0 Å². The lowest BCUT2D eigenvalue weighted by Gasteiger charge is -2.19. The molecule has 0 radical (unpaired) electrons. The Labute approximate surface area is 190 Å². The fourth-order valence-electron chi connectivity index (χ4n) is 3.61. The van der Waals surface area contributed by atoms with Crippen LogP contribution >= 0.6 is 0 Å². The summed E-state index contributed by atoms with van der Waals surface area (Å²) in [5, 5.41) is 3.21. The first-order valence-corrected chi connectivity index (χ1v) is 11.0. The number of anilines is 1. The molecule has 6 heteroatoms. The van der Waals surface area contributed by atoms with E-state index in [-0.39, 0.29) is 17.2 Å². The lowest BCUT2D eigenvalue weighted by Crippen LogP contribution is -2.33. The third-order valence-corrected chi connectivity index (χ3v) is 5.37. The second-order valence-corrected chi connectivity index (χ2v) is 8.77. The number of nitrogens with one attached hydrogen (secondary N) is 1. The average Bonchev–Trinajstić information content (AvgIpc) is 2.99. The number of imide groups is 1. The van der Waals surface area contributed by atoms with Crippen molar-refractivity contribution in [3.05, 3.63) is 65.4 Å². The molecule has 0 spiro atoms. The maximum Gasteiger partial charge on any atom is 0.278 e. The van der Waals surface area contributed by atoms with Crippen LogP contribution in [0.3, 0.4) is 0 Å². The van der Waals surface area contributed by atoms with E-state index in [9.17, 15) is 9.59 Å². The van der Waals surface area contributed by atoms with Gasteiger partial charge >= 0.3 is 0 Å². The number of benzene rings is 2. The standard InChI is InChI=1S/C26H32N2O4/c1-6-32-21-14-8-18(9-15-21)22-23(25(30)28(24(22)29)16-7-17-31-5)27-20-12-10-19(11-13-20)26(2,3)4/h8-15,27H,6-7,16-17H2,1-5H3. The molecule has 1 aliphatic heterocycles. The average molecular weight is 437 g/mol. The zero-order valence-corrected chi connectivity index (χ0v) is 19.5. The molecule has 1 heterocycles. The maximum absolute atomic E-state index is 13.2. The fraction of sp³-hybridized carbons (Fsp3) is 0.385. The summed E-state index contributed by atoms with van der Waals surface area (Å²) in [6.45, 7) is 9.72. The number of methoxy groups -OCH3 is 1. The Hall–Kier alpha value is -3.12. The molecule has 0 fully saturated rings. The molecule has 0 atom stereocenters. The minimum absolute atomic E-state index is 0.0303. The van der Waals surface area contributed by atoms with Crippen LogP contribution in [-0.2, 0) is 19.7 Å². The highest BCUT2D eigenvalue weighted by Crippen LogP contribution is 2.32. The SMILES string of the molecule is CCOc1ccc(C2=C(Nc3ccc(C(C)(C)C)cc3)C(=O)N(CCCOC)C2=O)cc1. The van der Waals surface area contributed by atoms with Crippen LogP contribution in [0.1, 0.15) is 45.2 Å². The highest BCUT2D eigenvalue weighted by Gasteiger charge is 2.38. The van der Waals surface area contributed by atoms with Gasteiger partial charge in [-0.3, -0.25) is 14.5 Å². The molecule has 3 rings (SSSR count). The Morgan fingerprint density at radius 3 is 2.16 bits per heavy atom. The van der Waals surface area contributed by atoms with E-state index in [0.29, 0.717) is 43.0 Å². The van der Waals surface area contributed by atoms with Crippen LogP contribution in [0.5, 0.6) is 5.75 Å². The van der Waals surface area contributed by atoms with Crippen LogP contribution in [0.2, 0.25) is 0 Å². The summed E-state index contributed by atoms with van der Waals surface area (Å²) < 4.78 is 10.6. The molecule has 6 nitrogen and oxygen atoms in total. The van der Waals surface area contributed by atoms with Gasteiger partial charge in [0.2, 0.25) is 0 Å². The molecule has 0 unspecified atom stereocenters. The van der Waals surface area contributed by atoms with Crippen LogP contribution in [0.25, 0.3) is 5.57 Å². The quantitative estimate of drug-likeness (QED) is 0.459. The molecule has 2 aromatic rings. The highest BCUT2D eigenvalue weighted by atomic mass is 16.5. The van der Waals surface area contributed by atoms with Gasteiger partial charge in [-0.05, 0) is 54.2 Å². The summed E-state index contributed by atoms with van der Waals surface area (Å²) in [5.41, 5.74) is 3.32. The number of hydrogen-bond donors (Lipinski definition) is 1. The van der Waals surface area contributed by atoms with Crippen molar-refractivity contribution in [2.45, 2.75) is 39.5 Å². The fourth-order valence-corrected chi connectivity index (χ4v) is 3.61. The van der Waals surface area contributed by atoms with Gasteiger partial charge in [0.15, 0.2) is 0 Å². The number of carbonyl (C=O) groups is 2. The third kappa shape index (κ3) is 5.19. The van der Waals surface area contributed by atoms with E-state index < -0.39 is 0 Å². The minimum atomic E-state index is -0.324. The number of rotatable bonds is 9. The molecule has 170 valence electrons. The van der Waals surface area contributed by atoms with E-state index in [1.807, 2.05) is 55.5 Å². The monoisotopic (exact) mass is 436 g/mol. The molecule has 0 aliphatic carbocycles. The van der Waals surface area contributed by atoms with Gasteiger partial charge < -0.3 is 14.8 Å². The normalized spacial score (nSPS) is 14.3. The Kier molecular flexibility index (Phi) is 7.36. The smallest absolute Gasteiger partial charge is 0.278 e. The summed E-state index contributed by atoms with van der Waals surface area (Å²) in [6, 6.07) is 15.2. The van der Waals surface area contributed by atoms with Crippen molar-refractivity contribution in [2.75, 3.05) is 32.2 Å². The van der Waals surface area contributed by atoms with E-state index in [0.717, 1.165) is 11.4 Å². The van der Waals surface area contributed by atoms with Gasteiger partial charge in [-0.2, -0.15) is 0 Å². The Bertz CT molecular complexity index is 986. The van der Waals surface area contributed by atoms with E-state index >= 15 is 0 Å². The number of amides is 2. The molecule has 0 saturated heterocycles. The van der Waals surface area contributed by atoms with Gasteiger partial charge in [-0.15, -0.1) is 0 Å². The van der Waals surface area contributed by atoms with Crippen LogP contribution in [0.15, 0.2) is 54.2 Å². The first kappa shape index (κ1) is 23.5.